The summed E-state index contributed by atoms with van der Waals surface area (Å²) in [7, 11) is 0. The molecular weight excluding hydrogens is 382 g/mol. The third-order valence-electron chi connectivity index (χ3n) is 4.16. The fourth-order valence-corrected chi connectivity index (χ4v) is 2.96. The van der Waals surface area contributed by atoms with Crippen molar-refractivity contribution in [3.05, 3.63) is 52.0 Å². The average Bonchev–Trinajstić information content (AvgIpc) is 2.69. The molecule has 1 amide bonds. The Morgan fingerprint density at radius 2 is 1.75 bits per heavy atom. The summed E-state index contributed by atoms with van der Waals surface area (Å²) >= 11 is 5.92. The molecule has 2 aromatic carbocycles. The van der Waals surface area contributed by atoms with Crippen LogP contribution in [0.3, 0.4) is 0 Å². The molecule has 0 bridgehead atoms. The van der Waals surface area contributed by atoms with Gasteiger partial charge in [0.1, 0.15) is 0 Å². The predicted octanol–water partition coefficient (Wildman–Crippen LogP) is 4.36. The quantitative estimate of drug-likeness (QED) is 0.637. The number of carbonyl (C=O) groups excluding carboxylic acids is 2. The lowest BCUT2D eigenvalue weighted by molar-refractivity contribution is -0.119. The van der Waals surface area contributed by atoms with Crippen LogP contribution in [0.25, 0.3) is 0 Å². The van der Waals surface area contributed by atoms with Gasteiger partial charge in [-0.05, 0) is 43.0 Å². The van der Waals surface area contributed by atoms with Crippen LogP contribution in [0.15, 0.2) is 30.3 Å². The van der Waals surface area contributed by atoms with E-state index in [1.807, 2.05) is 32.0 Å². The third-order valence-corrected chi connectivity index (χ3v) is 4.45. The largest absolute Gasteiger partial charge is 0.503 e. The minimum atomic E-state index is -0.738. The molecule has 0 saturated heterocycles. The number of anilines is 1. The molecule has 0 saturated carbocycles. The summed E-state index contributed by atoms with van der Waals surface area (Å²) < 4.78 is 10.3. The van der Waals surface area contributed by atoms with Crippen LogP contribution in [-0.2, 0) is 22.4 Å². The Balaban J connectivity index is 2.07. The summed E-state index contributed by atoms with van der Waals surface area (Å²) in [5.74, 6) is -1.34. The van der Waals surface area contributed by atoms with Crippen molar-refractivity contribution in [3.8, 4) is 11.5 Å². The minimum Gasteiger partial charge on any atom is -0.503 e. The lowest BCUT2D eigenvalue weighted by Gasteiger charge is -2.14. The molecule has 0 heterocycles. The van der Waals surface area contributed by atoms with Crippen LogP contribution in [-0.4, -0.2) is 30.2 Å². The summed E-state index contributed by atoms with van der Waals surface area (Å²) in [6.45, 7) is 5.61. The molecule has 2 aromatic rings. The number of benzene rings is 2. The first-order chi connectivity index (χ1) is 13.4. The molecule has 150 valence electrons. The Morgan fingerprint density at radius 1 is 1.11 bits per heavy atom. The molecule has 2 rings (SSSR count). The van der Waals surface area contributed by atoms with Crippen molar-refractivity contribution >= 4 is 29.2 Å². The Hall–Kier alpha value is -2.73. The zero-order chi connectivity index (χ0) is 20.7. The van der Waals surface area contributed by atoms with E-state index < -0.39 is 18.5 Å². The fourth-order valence-electron chi connectivity index (χ4n) is 2.75. The van der Waals surface area contributed by atoms with Crippen LogP contribution in [0.4, 0.5) is 5.69 Å². The molecule has 7 heteroatoms. The molecule has 0 atom stereocenters. The number of nitrogens with one attached hydrogen (secondary N) is 1. The summed E-state index contributed by atoms with van der Waals surface area (Å²) in [5.41, 5.74) is 2.89. The van der Waals surface area contributed by atoms with Gasteiger partial charge in [-0.1, -0.05) is 43.6 Å². The van der Waals surface area contributed by atoms with E-state index in [-0.39, 0.29) is 22.1 Å². The van der Waals surface area contributed by atoms with Gasteiger partial charge in [0.15, 0.2) is 18.1 Å². The Bertz CT molecular complexity index is 844. The second kappa shape index (κ2) is 9.99. The number of rotatable bonds is 8. The van der Waals surface area contributed by atoms with E-state index in [1.165, 1.54) is 12.1 Å². The summed E-state index contributed by atoms with van der Waals surface area (Å²) in [6, 6.07) is 8.45. The fraction of sp³-hybridized carbons (Fsp3) is 0.333. The number of para-hydroxylation sites is 1. The van der Waals surface area contributed by atoms with E-state index in [1.54, 1.807) is 6.92 Å². The maximum atomic E-state index is 12.3. The number of phenols is 1. The van der Waals surface area contributed by atoms with Crippen molar-refractivity contribution < 1.29 is 24.2 Å². The first-order valence-corrected chi connectivity index (χ1v) is 9.52. The first-order valence-electron chi connectivity index (χ1n) is 9.14. The predicted molar refractivity (Wildman–Crippen MR) is 108 cm³/mol. The van der Waals surface area contributed by atoms with Gasteiger partial charge in [-0.15, -0.1) is 0 Å². The van der Waals surface area contributed by atoms with Gasteiger partial charge in [0, 0.05) is 5.69 Å². The average molecular weight is 406 g/mol. The standard InChI is InChI=1S/C21H24ClNO5/c1-4-13-8-7-9-14(5-2)19(13)23-18(24)12-28-21(26)15-10-16(22)20(25)17(11-15)27-6-3/h7-11,25H,4-6,12H2,1-3H3,(H,23,24). The zero-order valence-corrected chi connectivity index (χ0v) is 16.9. The van der Waals surface area contributed by atoms with Gasteiger partial charge in [0.05, 0.1) is 17.2 Å². The summed E-state index contributed by atoms with van der Waals surface area (Å²) in [6.07, 6.45) is 1.55. The normalized spacial score (nSPS) is 10.4. The highest BCUT2D eigenvalue weighted by atomic mass is 35.5. The van der Waals surface area contributed by atoms with Crippen molar-refractivity contribution in [2.75, 3.05) is 18.5 Å². The number of hydrogen-bond donors (Lipinski definition) is 2. The SMILES string of the molecule is CCOc1cc(C(=O)OCC(=O)Nc2c(CC)cccc2CC)cc(Cl)c1O. The van der Waals surface area contributed by atoms with E-state index in [0.717, 1.165) is 29.7 Å². The second-order valence-corrected chi connectivity index (χ2v) is 6.43. The van der Waals surface area contributed by atoms with Crippen molar-refractivity contribution in [2.24, 2.45) is 0 Å². The highest BCUT2D eigenvalue weighted by molar-refractivity contribution is 6.32. The second-order valence-electron chi connectivity index (χ2n) is 6.02. The number of aromatic hydroxyl groups is 1. The molecule has 0 aliphatic carbocycles. The lowest BCUT2D eigenvalue weighted by Crippen LogP contribution is -2.22. The molecule has 0 unspecified atom stereocenters. The van der Waals surface area contributed by atoms with Crippen molar-refractivity contribution in [2.45, 2.75) is 33.6 Å². The molecule has 28 heavy (non-hydrogen) atoms. The van der Waals surface area contributed by atoms with Crippen LogP contribution >= 0.6 is 11.6 Å². The number of ether oxygens (including phenoxy) is 2. The molecule has 0 aromatic heterocycles. The van der Waals surface area contributed by atoms with Crippen molar-refractivity contribution in [1.29, 1.82) is 0 Å². The van der Waals surface area contributed by atoms with E-state index in [2.05, 4.69) is 5.32 Å². The van der Waals surface area contributed by atoms with Gasteiger partial charge in [0.25, 0.3) is 5.91 Å². The van der Waals surface area contributed by atoms with Crippen LogP contribution in [0.5, 0.6) is 11.5 Å². The number of hydrogen-bond acceptors (Lipinski definition) is 5. The minimum absolute atomic E-state index is 0.0354. The maximum absolute atomic E-state index is 12.3. The molecule has 6 nitrogen and oxygen atoms in total. The van der Waals surface area contributed by atoms with Gasteiger partial charge in [0.2, 0.25) is 0 Å². The lowest BCUT2D eigenvalue weighted by atomic mass is 10.0. The van der Waals surface area contributed by atoms with E-state index in [4.69, 9.17) is 21.1 Å². The maximum Gasteiger partial charge on any atom is 0.338 e. The topological polar surface area (TPSA) is 84.9 Å². The van der Waals surface area contributed by atoms with Gasteiger partial charge >= 0.3 is 5.97 Å². The zero-order valence-electron chi connectivity index (χ0n) is 16.2. The number of esters is 1. The Kier molecular flexibility index (Phi) is 7.70. The molecule has 0 radical (unpaired) electrons. The van der Waals surface area contributed by atoms with Gasteiger partial charge < -0.3 is 19.9 Å². The van der Waals surface area contributed by atoms with Crippen LogP contribution in [0, 0.1) is 0 Å². The third kappa shape index (κ3) is 5.16. The van der Waals surface area contributed by atoms with E-state index in [9.17, 15) is 14.7 Å². The highest BCUT2D eigenvalue weighted by Gasteiger charge is 2.17. The molecule has 0 spiro atoms. The van der Waals surface area contributed by atoms with Gasteiger partial charge in [-0.2, -0.15) is 0 Å². The summed E-state index contributed by atoms with van der Waals surface area (Å²) in [4.78, 5) is 24.6. The molecule has 0 aliphatic rings. The van der Waals surface area contributed by atoms with E-state index in [0.29, 0.717) is 6.61 Å². The highest BCUT2D eigenvalue weighted by Crippen LogP contribution is 2.35. The number of halogens is 1. The van der Waals surface area contributed by atoms with Gasteiger partial charge in [-0.3, -0.25) is 4.79 Å². The monoisotopic (exact) mass is 405 g/mol. The van der Waals surface area contributed by atoms with Crippen LogP contribution in [0.1, 0.15) is 42.3 Å². The number of phenolic OH excluding ortho intramolecular Hbond substituents is 1. The number of aryl methyl sites for hydroxylation is 2. The van der Waals surface area contributed by atoms with Crippen molar-refractivity contribution in [3.63, 3.8) is 0 Å². The van der Waals surface area contributed by atoms with Crippen LogP contribution in [0.2, 0.25) is 5.02 Å². The first kappa shape index (κ1) is 21.6. The number of amides is 1. The molecule has 0 aliphatic heterocycles. The van der Waals surface area contributed by atoms with Crippen molar-refractivity contribution in [1.82, 2.24) is 0 Å². The Morgan fingerprint density at radius 3 is 2.32 bits per heavy atom. The van der Waals surface area contributed by atoms with Gasteiger partial charge in [-0.25, -0.2) is 4.79 Å². The summed E-state index contributed by atoms with van der Waals surface area (Å²) in [5, 5.41) is 12.6. The Labute approximate surface area is 169 Å². The van der Waals surface area contributed by atoms with E-state index >= 15 is 0 Å². The smallest absolute Gasteiger partial charge is 0.338 e. The molecular formula is C21H24ClNO5. The van der Waals surface area contributed by atoms with Crippen LogP contribution < -0.4 is 10.1 Å². The number of carbonyl (C=O) groups is 2. The molecule has 2 N–H and O–H groups in total. The molecule has 0 fully saturated rings.